The van der Waals surface area contributed by atoms with E-state index in [9.17, 15) is 4.79 Å². The Morgan fingerprint density at radius 1 is 1.88 bits per heavy atom. The predicted molar refractivity (Wildman–Crippen MR) is 37.9 cm³/mol. The van der Waals surface area contributed by atoms with Crippen molar-refractivity contribution in [1.29, 1.82) is 0 Å². The van der Waals surface area contributed by atoms with Gasteiger partial charge in [-0.25, -0.2) is 4.79 Å². The molecule has 1 atom stereocenters. The van der Waals surface area contributed by atoms with Gasteiger partial charge in [0.05, 0.1) is 6.61 Å². The summed E-state index contributed by atoms with van der Waals surface area (Å²) in [5.74, 6) is -0.359. The molecule has 0 fully saturated rings. The molecule has 3 heteroatoms. The van der Waals surface area contributed by atoms with Crippen LogP contribution in [0.5, 0.6) is 0 Å². The quantitative estimate of drug-likeness (QED) is 0.317. The van der Waals surface area contributed by atoms with Crippen LogP contribution in [-0.2, 0) is 9.53 Å². The van der Waals surface area contributed by atoms with Gasteiger partial charge in [0.15, 0.2) is 0 Å². The first-order valence-electron chi connectivity index (χ1n) is 2.10. The molecule has 48 valence electrons. The monoisotopic (exact) mass is 134 g/mol. The second kappa shape index (κ2) is 6.64. The minimum atomic E-state index is -0.359. The summed E-state index contributed by atoms with van der Waals surface area (Å²) < 4.78 is 4.43. The third kappa shape index (κ3) is 5.64. The van der Waals surface area contributed by atoms with Crippen molar-refractivity contribution in [3.8, 4) is 0 Å². The highest BCUT2D eigenvalue weighted by Crippen LogP contribution is 1.74. The van der Waals surface area contributed by atoms with E-state index in [1.165, 1.54) is 0 Å². The molecular weight excluding hydrogens is 123 g/mol. The Kier molecular flexibility index (Phi) is 8.79. The molecule has 0 aromatic rings. The molecule has 0 aliphatic rings. The highest BCUT2D eigenvalue weighted by atomic mass is 31.0. The molecule has 0 aromatic carbocycles. The largest absolute Gasteiger partial charge is 0.463 e. The molecule has 8 heavy (non-hydrogen) atoms. The zero-order chi connectivity index (χ0) is 5.70. The molecule has 0 saturated heterocycles. The van der Waals surface area contributed by atoms with Gasteiger partial charge in [-0.3, -0.25) is 0 Å². The Morgan fingerprint density at radius 3 is 2.50 bits per heavy atom. The minimum absolute atomic E-state index is 0. The van der Waals surface area contributed by atoms with Gasteiger partial charge in [-0.2, -0.15) is 9.90 Å². The summed E-state index contributed by atoms with van der Waals surface area (Å²) in [7, 11) is 0. The molecule has 0 amide bonds. The van der Waals surface area contributed by atoms with Crippen LogP contribution in [0.3, 0.4) is 0 Å². The highest BCUT2D eigenvalue weighted by Gasteiger charge is 1.86. The summed E-state index contributed by atoms with van der Waals surface area (Å²) >= 11 is 0. The standard InChI is InChI=1S/C5H8O2.H3P/c1-3-5(6)7-4-2;/h3H,1,4H2,2H3;1H3. The Hall–Kier alpha value is -0.360. The van der Waals surface area contributed by atoms with Crippen molar-refractivity contribution in [1.82, 2.24) is 0 Å². The van der Waals surface area contributed by atoms with Crippen molar-refractivity contribution >= 4 is 15.9 Å². The summed E-state index contributed by atoms with van der Waals surface area (Å²) in [4.78, 5) is 10.1. The maximum atomic E-state index is 10.1. The van der Waals surface area contributed by atoms with Crippen LogP contribution >= 0.6 is 9.90 Å². The van der Waals surface area contributed by atoms with Crippen LogP contribution in [0, 0.1) is 0 Å². The molecule has 0 spiro atoms. The average molecular weight is 134 g/mol. The lowest BCUT2D eigenvalue weighted by Gasteiger charge is -1.90. The summed E-state index contributed by atoms with van der Waals surface area (Å²) in [5, 5.41) is 0. The molecule has 0 aliphatic carbocycles. The number of ether oxygens (including phenoxy) is 1. The van der Waals surface area contributed by atoms with Gasteiger partial charge in [0.25, 0.3) is 0 Å². The maximum Gasteiger partial charge on any atom is 0.330 e. The summed E-state index contributed by atoms with van der Waals surface area (Å²) in [6.45, 7) is 5.38. The van der Waals surface area contributed by atoms with Crippen molar-refractivity contribution in [3.63, 3.8) is 0 Å². The van der Waals surface area contributed by atoms with Crippen molar-refractivity contribution in [2.24, 2.45) is 0 Å². The molecule has 0 aromatic heterocycles. The lowest BCUT2D eigenvalue weighted by Crippen LogP contribution is -1.97. The minimum Gasteiger partial charge on any atom is -0.463 e. The van der Waals surface area contributed by atoms with Gasteiger partial charge in [-0.05, 0) is 6.92 Å². The van der Waals surface area contributed by atoms with Crippen LogP contribution in [0.2, 0.25) is 0 Å². The van der Waals surface area contributed by atoms with Gasteiger partial charge in [0.2, 0.25) is 0 Å². The highest BCUT2D eigenvalue weighted by molar-refractivity contribution is 6.92. The first kappa shape index (κ1) is 10.6. The SMILES string of the molecule is C=CC(=O)OCC.P. The summed E-state index contributed by atoms with van der Waals surface area (Å²) in [5.41, 5.74) is 0. The number of carbonyl (C=O) groups excluding carboxylic acids is 1. The number of hydrogen-bond donors (Lipinski definition) is 0. The number of carbonyl (C=O) groups is 1. The normalized spacial score (nSPS) is 6.62. The first-order valence-corrected chi connectivity index (χ1v) is 2.10. The Balaban J connectivity index is 0. The number of rotatable bonds is 2. The number of hydrogen-bond acceptors (Lipinski definition) is 2. The summed E-state index contributed by atoms with van der Waals surface area (Å²) in [6, 6.07) is 0. The van der Waals surface area contributed by atoms with E-state index in [2.05, 4.69) is 11.3 Å². The van der Waals surface area contributed by atoms with E-state index >= 15 is 0 Å². The smallest absolute Gasteiger partial charge is 0.330 e. The third-order valence-corrected chi connectivity index (χ3v) is 0.453. The van der Waals surface area contributed by atoms with Crippen LogP contribution in [0.1, 0.15) is 6.92 Å². The van der Waals surface area contributed by atoms with Crippen molar-refractivity contribution in [3.05, 3.63) is 12.7 Å². The van der Waals surface area contributed by atoms with E-state index in [1.54, 1.807) is 6.92 Å². The lowest BCUT2D eigenvalue weighted by atomic mass is 10.6. The van der Waals surface area contributed by atoms with E-state index in [-0.39, 0.29) is 15.9 Å². The first-order chi connectivity index (χ1) is 3.31. The molecule has 0 heterocycles. The van der Waals surface area contributed by atoms with Gasteiger partial charge in [0, 0.05) is 6.08 Å². The molecule has 0 rings (SSSR count). The van der Waals surface area contributed by atoms with Crippen molar-refractivity contribution in [2.75, 3.05) is 6.61 Å². The maximum absolute atomic E-state index is 10.1. The molecule has 0 bridgehead atoms. The van der Waals surface area contributed by atoms with Gasteiger partial charge in [-0.15, -0.1) is 0 Å². The number of esters is 1. The Morgan fingerprint density at radius 2 is 2.38 bits per heavy atom. The van der Waals surface area contributed by atoms with Crippen LogP contribution in [0.25, 0.3) is 0 Å². The average Bonchev–Trinajstić information content (AvgIpc) is 1.68. The van der Waals surface area contributed by atoms with Crippen LogP contribution in [-0.4, -0.2) is 12.6 Å². The molecule has 2 nitrogen and oxygen atoms in total. The Labute approximate surface area is 52.5 Å². The molecule has 0 radical (unpaired) electrons. The zero-order valence-electron chi connectivity index (χ0n) is 5.02. The second-order valence-electron chi connectivity index (χ2n) is 0.956. The van der Waals surface area contributed by atoms with Crippen LogP contribution in [0.4, 0.5) is 0 Å². The fourth-order valence-corrected chi connectivity index (χ4v) is 0.201. The zero-order valence-corrected chi connectivity index (χ0v) is 6.43. The van der Waals surface area contributed by atoms with E-state index in [1.807, 2.05) is 0 Å². The fourth-order valence-electron chi connectivity index (χ4n) is 0.201. The molecular formula is C5H11O2P. The van der Waals surface area contributed by atoms with Crippen LogP contribution in [0.15, 0.2) is 12.7 Å². The molecule has 0 N–H and O–H groups in total. The molecule has 0 saturated carbocycles. The van der Waals surface area contributed by atoms with Crippen molar-refractivity contribution in [2.45, 2.75) is 6.92 Å². The fraction of sp³-hybridized carbons (Fsp3) is 0.400. The van der Waals surface area contributed by atoms with E-state index in [0.29, 0.717) is 6.61 Å². The second-order valence-corrected chi connectivity index (χ2v) is 0.956. The van der Waals surface area contributed by atoms with Gasteiger partial charge < -0.3 is 4.74 Å². The van der Waals surface area contributed by atoms with Crippen molar-refractivity contribution < 1.29 is 9.53 Å². The van der Waals surface area contributed by atoms with Crippen LogP contribution < -0.4 is 0 Å². The lowest BCUT2D eigenvalue weighted by molar-refractivity contribution is -0.137. The van der Waals surface area contributed by atoms with E-state index < -0.39 is 0 Å². The Bertz CT molecular complexity index is 80.5. The van der Waals surface area contributed by atoms with E-state index in [4.69, 9.17) is 0 Å². The third-order valence-electron chi connectivity index (χ3n) is 0.453. The van der Waals surface area contributed by atoms with Gasteiger partial charge >= 0.3 is 5.97 Å². The predicted octanol–water partition coefficient (Wildman–Crippen LogP) is 0.794. The van der Waals surface area contributed by atoms with Gasteiger partial charge in [0.1, 0.15) is 0 Å². The van der Waals surface area contributed by atoms with Gasteiger partial charge in [-0.1, -0.05) is 6.58 Å². The molecule has 1 unspecified atom stereocenters. The summed E-state index contributed by atoms with van der Waals surface area (Å²) in [6.07, 6.45) is 1.14. The van der Waals surface area contributed by atoms with E-state index in [0.717, 1.165) is 6.08 Å². The topological polar surface area (TPSA) is 26.3 Å². The molecule has 0 aliphatic heterocycles.